The molecule has 1 aliphatic heterocycles. The lowest BCUT2D eigenvalue weighted by atomic mass is 9.96. The Kier molecular flexibility index (Phi) is 2.68. The molecule has 1 N–H and O–H groups in total. The quantitative estimate of drug-likeness (QED) is 0.813. The van der Waals surface area contributed by atoms with Crippen molar-refractivity contribution in [2.24, 2.45) is 0 Å². The number of hydrogen-bond donors (Lipinski definition) is 1. The summed E-state index contributed by atoms with van der Waals surface area (Å²) in [4.78, 5) is 11.0. The van der Waals surface area contributed by atoms with Crippen molar-refractivity contribution in [3.63, 3.8) is 0 Å². The predicted molar refractivity (Wildman–Crippen MR) is 53.3 cm³/mol. The Bertz CT molecular complexity index is 496. The molecule has 1 heterocycles. The zero-order chi connectivity index (χ0) is 12.5. The molecule has 2 rings (SSSR count). The summed E-state index contributed by atoms with van der Waals surface area (Å²) in [6.07, 6.45) is -0.909. The van der Waals surface area contributed by atoms with E-state index in [0.717, 1.165) is 0 Å². The maximum absolute atomic E-state index is 13.6. The third-order valence-electron chi connectivity index (χ3n) is 2.47. The Labute approximate surface area is 95.8 Å². The van der Waals surface area contributed by atoms with Crippen LogP contribution in [0.1, 0.15) is 17.2 Å². The lowest BCUT2D eigenvalue weighted by molar-refractivity contribution is -0.104. The number of benzene rings is 1. The second-order valence-corrected chi connectivity index (χ2v) is 3.61. The minimum Gasteiger partial charge on any atom is -0.443 e. The number of halogens is 2. The second-order valence-electron chi connectivity index (χ2n) is 3.61. The van der Waals surface area contributed by atoms with E-state index in [0.29, 0.717) is 0 Å². The van der Waals surface area contributed by atoms with Gasteiger partial charge < -0.3 is 10.1 Å². The normalized spacial score (nSPS) is 22.2. The van der Waals surface area contributed by atoms with Gasteiger partial charge >= 0.3 is 12.0 Å². The number of carbonyl (C=O) groups excluding carboxylic acids is 1. The second kappa shape index (κ2) is 4.01. The van der Waals surface area contributed by atoms with E-state index in [1.165, 1.54) is 18.2 Å². The van der Waals surface area contributed by atoms with Crippen LogP contribution in [0.5, 0.6) is 0 Å². The summed E-state index contributed by atoms with van der Waals surface area (Å²) in [6.45, 7) is -0.983. The van der Waals surface area contributed by atoms with Crippen LogP contribution in [0.25, 0.3) is 0 Å². The van der Waals surface area contributed by atoms with Crippen LogP contribution in [-0.4, -0.2) is 18.6 Å². The third kappa shape index (κ3) is 2.04. The van der Waals surface area contributed by atoms with Crippen LogP contribution in [0.15, 0.2) is 24.3 Å². The van der Waals surface area contributed by atoms with E-state index < -0.39 is 24.7 Å². The van der Waals surface area contributed by atoms with Crippen molar-refractivity contribution in [3.8, 4) is 6.07 Å². The van der Waals surface area contributed by atoms with E-state index >= 15 is 0 Å². The van der Waals surface area contributed by atoms with Crippen LogP contribution in [-0.2, 0) is 4.74 Å². The summed E-state index contributed by atoms with van der Waals surface area (Å²) in [5.41, 5.74) is 0.205. The number of hydrogen-bond acceptors (Lipinski definition) is 3. The number of alkyl halides is 2. The number of amides is 1. The maximum atomic E-state index is 13.6. The first-order chi connectivity index (χ1) is 8.04. The van der Waals surface area contributed by atoms with Gasteiger partial charge in [0.2, 0.25) is 0 Å². The molecule has 1 amide bonds. The van der Waals surface area contributed by atoms with Crippen molar-refractivity contribution in [3.05, 3.63) is 35.4 Å². The lowest BCUT2D eigenvalue weighted by Crippen LogP contribution is -2.49. The number of carbonyl (C=O) groups is 1. The van der Waals surface area contributed by atoms with Gasteiger partial charge in [0.05, 0.1) is 11.6 Å². The van der Waals surface area contributed by atoms with Crippen molar-refractivity contribution in [2.75, 3.05) is 6.61 Å². The van der Waals surface area contributed by atoms with Gasteiger partial charge in [0.25, 0.3) is 0 Å². The number of cyclic esters (lactones) is 1. The van der Waals surface area contributed by atoms with E-state index in [1.807, 2.05) is 11.4 Å². The number of ether oxygens (including phenoxy) is 1. The third-order valence-corrected chi connectivity index (χ3v) is 2.47. The van der Waals surface area contributed by atoms with Crippen molar-refractivity contribution in [1.82, 2.24) is 5.32 Å². The summed E-state index contributed by atoms with van der Waals surface area (Å²) in [7, 11) is 0. The number of alkyl carbamates (subject to hydrolysis) is 1. The van der Waals surface area contributed by atoms with Gasteiger partial charge in [0, 0.05) is 0 Å². The van der Waals surface area contributed by atoms with Gasteiger partial charge in [0.1, 0.15) is 6.04 Å². The molecule has 1 aliphatic rings. The molecule has 0 radical (unpaired) electrons. The smallest absolute Gasteiger partial charge is 0.408 e. The summed E-state index contributed by atoms with van der Waals surface area (Å²) in [5, 5.41) is 10.9. The predicted octanol–water partition coefficient (Wildman–Crippen LogP) is 1.97. The van der Waals surface area contributed by atoms with Crippen LogP contribution >= 0.6 is 0 Å². The fourth-order valence-corrected chi connectivity index (χ4v) is 1.67. The molecule has 1 atom stereocenters. The Hall–Kier alpha value is -2.16. The average molecular weight is 238 g/mol. The number of nitrogens with one attached hydrogen (secondary N) is 1. The van der Waals surface area contributed by atoms with Crippen LogP contribution in [0.2, 0.25) is 0 Å². The molecule has 6 heteroatoms. The highest BCUT2D eigenvalue weighted by Gasteiger charge is 2.47. The summed E-state index contributed by atoms with van der Waals surface area (Å²) in [6, 6.07) is 6.21. The summed E-state index contributed by atoms with van der Waals surface area (Å²) in [5.74, 6) is -3.24. The van der Waals surface area contributed by atoms with Crippen LogP contribution in [0.4, 0.5) is 13.6 Å². The number of nitriles is 1. The van der Waals surface area contributed by atoms with Crippen LogP contribution < -0.4 is 5.32 Å². The molecule has 0 saturated carbocycles. The molecule has 1 fully saturated rings. The van der Waals surface area contributed by atoms with Gasteiger partial charge in [-0.15, -0.1) is 0 Å². The monoisotopic (exact) mass is 238 g/mol. The molecule has 0 spiro atoms. The Balaban J connectivity index is 2.44. The molecule has 1 saturated heterocycles. The molecule has 0 unspecified atom stereocenters. The highest BCUT2D eigenvalue weighted by molar-refractivity contribution is 5.69. The SMILES string of the molecule is N#Cc1ccccc1[C@H]1NC(=O)OCC1(F)F. The summed E-state index contributed by atoms with van der Waals surface area (Å²) >= 11 is 0. The highest BCUT2D eigenvalue weighted by Crippen LogP contribution is 2.35. The molecule has 0 aromatic heterocycles. The van der Waals surface area contributed by atoms with Gasteiger partial charge in [0.15, 0.2) is 6.61 Å². The van der Waals surface area contributed by atoms with E-state index in [-0.39, 0.29) is 11.1 Å². The van der Waals surface area contributed by atoms with Crippen LogP contribution in [0.3, 0.4) is 0 Å². The van der Waals surface area contributed by atoms with E-state index in [2.05, 4.69) is 4.74 Å². The topological polar surface area (TPSA) is 62.1 Å². The zero-order valence-corrected chi connectivity index (χ0v) is 8.61. The standard InChI is InChI=1S/C11H8F2N2O2/c12-11(13)6-17-10(16)15-9(11)8-4-2-1-3-7(8)5-14/h1-4,9H,6H2,(H,15,16)/t9-/m1/s1. The van der Waals surface area contributed by atoms with E-state index in [1.54, 1.807) is 6.07 Å². The molecule has 1 aromatic rings. The molecular weight excluding hydrogens is 230 g/mol. The zero-order valence-electron chi connectivity index (χ0n) is 8.61. The Morgan fingerprint density at radius 1 is 1.47 bits per heavy atom. The Morgan fingerprint density at radius 2 is 2.18 bits per heavy atom. The molecular formula is C11H8F2N2O2. The van der Waals surface area contributed by atoms with Gasteiger partial charge in [-0.2, -0.15) is 5.26 Å². The fourth-order valence-electron chi connectivity index (χ4n) is 1.67. The van der Waals surface area contributed by atoms with Gasteiger partial charge in [-0.25, -0.2) is 13.6 Å². The highest BCUT2D eigenvalue weighted by atomic mass is 19.3. The summed E-state index contributed by atoms with van der Waals surface area (Å²) < 4.78 is 31.4. The first kappa shape index (κ1) is 11.3. The molecule has 1 aromatic carbocycles. The first-order valence-corrected chi connectivity index (χ1v) is 4.85. The van der Waals surface area contributed by atoms with E-state index in [4.69, 9.17) is 5.26 Å². The Morgan fingerprint density at radius 3 is 2.88 bits per heavy atom. The minimum absolute atomic E-state index is 0.0941. The van der Waals surface area contributed by atoms with Crippen molar-refractivity contribution >= 4 is 6.09 Å². The average Bonchev–Trinajstić information content (AvgIpc) is 2.32. The molecule has 4 nitrogen and oxygen atoms in total. The van der Waals surface area contributed by atoms with Gasteiger partial charge in [-0.1, -0.05) is 18.2 Å². The van der Waals surface area contributed by atoms with Gasteiger partial charge in [-0.05, 0) is 11.6 Å². The minimum atomic E-state index is -3.24. The van der Waals surface area contributed by atoms with Gasteiger partial charge in [-0.3, -0.25) is 0 Å². The molecule has 88 valence electrons. The van der Waals surface area contributed by atoms with Crippen molar-refractivity contribution < 1.29 is 18.3 Å². The largest absolute Gasteiger partial charge is 0.443 e. The number of nitrogens with zero attached hydrogens (tertiary/aromatic N) is 1. The molecule has 17 heavy (non-hydrogen) atoms. The van der Waals surface area contributed by atoms with Crippen LogP contribution in [0, 0.1) is 11.3 Å². The lowest BCUT2D eigenvalue weighted by Gasteiger charge is -2.32. The van der Waals surface area contributed by atoms with Crippen molar-refractivity contribution in [2.45, 2.75) is 12.0 Å². The molecule has 0 bridgehead atoms. The maximum Gasteiger partial charge on any atom is 0.408 e. The number of rotatable bonds is 1. The first-order valence-electron chi connectivity index (χ1n) is 4.85. The molecule has 0 aliphatic carbocycles. The van der Waals surface area contributed by atoms with Crippen molar-refractivity contribution in [1.29, 1.82) is 5.26 Å². The fraction of sp³-hybridized carbons (Fsp3) is 0.273. The van der Waals surface area contributed by atoms with E-state index in [9.17, 15) is 13.6 Å².